The van der Waals surface area contributed by atoms with Gasteiger partial charge in [0.25, 0.3) is 0 Å². The molecule has 0 amide bonds. The molecule has 5 nitrogen and oxygen atoms in total. The first kappa shape index (κ1) is 20.6. The number of benzene rings is 2. The molecule has 0 aliphatic carbocycles. The number of rotatable bonds is 10. The van der Waals surface area contributed by atoms with E-state index in [1.54, 1.807) is 7.11 Å². The number of hydrogen-bond acceptors (Lipinski definition) is 5. The molecule has 28 heavy (non-hydrogen) atoms. The molecule has 0 bridgehead atoms. The van der Waals surface area contributed by atoms with Gasteiger partial charge >= 0.3 is 0 Å². The van der Waals surface area contributed by atoms with Crippen LogP contribution in [0.2, 0.25) is 0 Å². The minimum Gasteiger partial charge on any atom is -0.497 e. The molecule has 0 saturated carbocycles. The van der Waals surface area contributed by atoms with Gasteiger partial charge in [-0.3, -0.25) is 4.90 Å². The summed E-state index contributed by atoms with van der Waals surface area (Å²) in [5, 5.41) is 3.48. The number of nitrogens with one attached hydrogen (secondary N) is 1. The summed E-state index contributed by atoms with van der Waals surface area (Å²) in [5.41, 5.74) is 2.43. The molecule has 0 radical (unpaired) electrons. The van der Waals surface area contributed by atoms with Crippen molar-refractivity contribution < 1.29 is 14.2 Å². The minimum atomic E-state index is 0.615. The third-order valence-electron chi connectivity index (χ3n) is 5.22. The van der Waals surface area contributed by atoms with Crippen molar-refractivity contribution in [3.8, 4) is 11.5 Å². The minimum absolute atomic E-state index is 0.615. The van der Waals surface area contributed by atoms with E-state index in [1.807, 2.05) is 18.2 Å². The largest absolute Gasteiger partial charge is 0.497 e. The Morgan fingerprint density at radius 3 is 2.32 bits per heavy atom. The fraction of sp³-hybridized carbons (Fsp3) is 0.478. The van der Waals surface area contributed by atoms with Crippen molar-refractivity contribution in [3.05, 3.63) is 59.7 Å². The van der Waals surface area contributed by atoms with E-state index >= 15 is 0 Å². The van der Waals surface area contributed by atoms with Gasteiger partial charge in [-0.1, -0.05) is 24.3 Å². The SMILES string of the molecule is COc1cccc(CNCc2cccc(OCCN(C)C3CCOCC3)c2)c1. The lowest BCUT2D eigenvalue weighted by Gasteiger charge is -2.31. The van der Waals surface area contributed by atoms with Crippen LogP contribution in [-0.4, -0.2) is 51.5 Å². The number of methoxy groups -OCH3 is 1. The molecule has 5 heteroatoms. The van der Waals surface area contributed by atoms with Gasteiger partial charge in [0, 0.05) is 38.9 Å². The maximum atomic E-state index is 5.99. The monoisotopic (exact) mass is 384 g/mol. The Labute approximate surface area is 168 Å². The van der Waals surface area contributed by atoms with Gasteiger partial charge in [0.05, 0.1) is 7.11 Å². The quantitative estimate of drug-likeness (QED) is 0.679. The van der Waals surface area contributed by atoms with Crippen LogP contribution in [-0.2, 0) is 17.8 Å². The van der Waals surface area contributed by atoms with E-state index in [1.165, 1.54) is 11.1 Å². The fourth-order valence-electron chi connectivity index (χ4n) is 3.49. The highest BCUT2D eigenvalue weighted by atomic mass is 16.5. The second-order valence-electron chi connectivity index (χ2n) is 7.28. The summed E-state index contributed by atoms with van der Waals surface area (Å²) < 4.78 is 16.7. The fourth-order valence-corrected chi connectivity index (χ4v) is 3.49. The molecule has 1 N–H and O–H groups in total. The Kier molecular flexibility index (Phi) is 8.15. The molecule has 1 aliphatic rings. The molecule has 0 atom stereocenters. The van der Waals surface area contributed by atoms with Gasteiger partial charge in [-0.25, -0.2) is 0 Å². The molecule has 1 saturated heterocycles. The van der Waals surface area contributed by atoms with Crippen LogP contribution in [0.25, 0.3) is 0 Å². The number of nitrogens with zero attached hydrogens (tertiary/aromatic N) is 1. The van der Waals surface area contributed by atoms with Crippen LogP contribution in [0.4, 0.5) is 0 Å². The van der Waals surface area contributed by atoms with Gasteiger partial charge in [-0.2, -0.15) is 0 Å². The van der Waals surface area contributed by atoms with Crippen LogP contribution < -0.4 is 14.8 Å². The van der Waals surface area contributed by atoms with Gasteiger partial charge in [0.1, 0.15) is 18.1 Å². The maximum Gasteiger partial charge on any atom is 0.119 e. The van der Waals surface area contributed by atoms with Crippen molar-refractivity contribution in [2.75, 3.05) is 40.5 Å². The van der Waals surface area contributed by atoms with Crippen LogP contribution >= 0.6 is 0 Å². The van der Waals surface area contributed by atoms with Crippen molar-refractivity contribution in [2.24, 2.45) is 0 Å². The molecule has 152 valence electrons. The van der Waals surface area contributed by atoms with Crippen molar-refractivity contribution in [1.29, 1.82) is 0 Å². The maximum absolute atomic E-state index is 5.99. The highest BCUT2D eigenvalue weighted by Crippen LogP contribution is 2.16. The van der Waals surface area contributed by atoms with Crippen LogP contribution in [0, 0.1) is 0 Å². The lowest BCUT2D eigenvalue weighted by atomic mass is 10.1. The second kappa shape index (κ2) is 11.1. The predicted octanol–water partition coefficient (Wildman–Crippen LogP) is 3.47. The normalized spacial score (nSPS) is 15.0. The third-order valence-corrected chi connectivity index (χ3v) is 5.22. The zero-order valence-electron chi connectivity index (χ0n) is 17.0. The summed E-state index contributed by atoms with van der Waals surface area (Å²) in [6.07, 6.45) is 2.23. The summed E-state index contributed by atoms with van der Waals surface area (Å²) in [6.45, 7) is 4.99. The molecule has 0 aromatic heterocycles. The Bertz CT molecular complexity index is 716. The molecular weight excluding hydrogens is 352 g/mol. The lowest BCUT2D eigenvalue weighted by Crippen LogP contribution is -2.38. The van der Waals surface area contributed by atoms with Crippen molar-refractivity contribution >= 4 is 0 Å². The average Bonchev–Trinajstić information content (AvgIpc) is 2.75. The summed E-state index contributed by atoms with van der Waals surface area (Å²) in [4.78, 5) is 2.39. The predicted molar refractivity (Wildman–Crippen MR) is 112 cm³/mol. The molecule has 2 aromatic carbocycles. The Morgan fingerprint density at radius 1 is 1.00 bits per heavy atom. The molecule has 1 heterocycles. The highest BCUT2D eigenvalue weighted by Gasteiger charge is 2.17. The van der Waals surface area contributed by atoms with Gasteiger partial charge in [0.2, 0.25) is 0 Å². The van der Waals surface area contributed by atoms with Gasteiger partial charge < -0.3 is 19.5 Å². The van der Waals surface area contributed by atoms with E-state index in [-0.39, 0.29) is 0 Å². The van der Waals surface area contributed by atoms with Gasteiger partial charge in [0.15, 0.2) is 0 Å². The topological polar surface area (TPSA) is 43.0 Å². The second-order valence-corrected chi connectivity index (χ2v) is 7.28. The third kappa shape index (κ3) is 6.51. The van der Waals surface area contributed by atoms with E-state index in [0.29, 0.717) is 12.6 Å². The zero-order chi connectivity index (χ0) is 19.6. The standard InChI is InChI=1S/C23H32N2O3/c1-25(21-9-12-27-13-10-21)11-14-28-23-8-4-6-20(16-23)18-24-17-19-5-3-7-22(15-19)26-2/h3-8,15-16,21,24H,9-14,17-18H2,1-2H3. The van der Waals surface area contributed by atoms with E-state index in [0.717, 1.165) is 57.2 Å². The molecular formula is C23H32N2O3. The molecule has 1 aliphatic heterocycles. The van der Waals surface area contributed by atoms with Gasteiger partial charge in [-0.05, 0) is 55.3 Å². The molecule has 2 aromatic rings. The highest BCUT2D eigenvalue weighted by molar-refractivity contribution is 5.30. The van der Waals surface area contributed by atoms with Gasteiger partial charge in [-0.15, -0.1) is 0 Å². The number of likely N-dealkylation sites (N-methyl/N-ethyl adjacent to an activating group) is 1. The zero-order valence-corrected chi connectivity index (χ0v) is 17.0. The van der Waals surface area contributed by atoms with E-state index < -0.39 is 0 Å². The van der Waals surface area contributed by atoms with E-state index in [9.17, 15) is 0 Å². The summed E-state index contributed by atoms with van der Waals surface area (Å²) in [7, 11) is 3.87. The average molecular weight is 385 g/mol. The Balaban J connectivity index is 1.40. The van der Waals surface area contributed by atoms with Crippen LogP contribution in [0.15, 0.2) is 48.5 Å². The summed E-state index contributed by atoms with van der Waals surface area (Å²) in [6, 6.07) is 17.1. The van der Waals surface area contributed by atoms with E-state index in [4.69, 9.17) is 14.2 Å². The van der Waals surface area contributed by atoms with Crippen LogP contribution in [0.1, 0.15) is 24.0 Å². The molecule has 0 unspecified atom stereocenters. The number of ether oxygens (including phenoxy) is 3. The molecule has 1 fully saturated rings. The van der Waals surface area contributed by atoms with Crippen LogP contribution in [0.3, 0.4) is 0 Å². The van der Waals surface area contributed by atoms with Crippen molar-refractivity contribution in [1.82, 2.24) is 10.2 Å². The first-order valence-corrected chi connectivity index (χ1v) is 10.1. The first-order chi connectivity index (χ1) is 13.7. The van der Waals surface area contributed by atoms with E-state index in [2.05, 4.69) is 47.6 Å². The summed E-state index contributed by atoms with van der Waals surface area (Å²) in [5.74, 6) is 1.82. The van der Waals surface area contributed by atoms with Crippen molar-refractivity contribution in [3.63, 3.8) is 0 Å². The first-order valence-electron chi connectivity index (χ1n) is 10.1. The smallest absolute Gasteiger partial charge is 0.119 e. The Morgan fingerprint density at radius 2 is 1.64 bits per heavy atom. The summed E-state index contributed by atoms with van der Waals surface area (Å²) >= 11 is 0. The molecule has 0 spiro atoms. The molecule has 3 rings (SSSR count). The van der Waals surface area contributed by atoms with Crippen LogP contribution in [0.5, 0.6) is 11.5 Å². The number of hydrogen-bond donors (Lipinski definition) is 1. The lowest BCUT2D eigenvalue weighted by molar-refractivity contribution is 0.0392. The van der Waals surface area contributed by atoms with Crippen molar-refractivity contribution in [2.45, 2.75) is 32.0 Å². The Hall–Kier alpha value is -2.08.